The fraction of sp³-hybridized carbons (Fsp3) is 0. The van der Waals surface area contributed by atoms with Gasteiger partial charge in [-0.15, -0.1) is 20.4 Å². The summed E-state index contributed by atoms with van der Waals surface area (Å²) in [5.41, 5.74) is 5.97. The van der Waals surface area contributed by atoms with Gasteiger partial charge in [-0.3, -0.25) is 0 Å². The van der Waals surface area contributed by atoms with Gasteiger partial charge in [0, 0.05) is 10.8 Å². The van der Waals surface area contributed by atoms with Crippen molar-refractivity contribution in [2.24, 2.45) is 0 Å². The van der Waals surface area contributed by atoms with E-state index in [-0.39, 0.29) is 68.9 Å². The first-order valence-electron chi connectivity index (χ1n) is 19.1. The van der Waals surface area contributed by atoms with Crippen molar-refractivity contribution in [3.63, 3.8) is 0 Å². The number of hydrogen-bond donors (Lipinski definition) is 0. The van der Waals surface area contributed by atoms with Crippen LogP contribution in [-0.2, 0) is 20.2 Å². The van der Waals surface area contributed by atoms with Crippen LogP contribution in [0.4, 0.5) is 0 Å². The van der Waals surface area contributed by atoms with E-state index in [1.165, 1.54) is 21.7 Å². The number of benzene rings is 8. The molecule has 16 heteroatoms. The molecule has 304 valence electrons. The molecular formula is C48H32N6Na2O6S2. The molecular weight excluding hydrogens is 867 g/mol. The minimum atomic E-state index is -4.70. The molecule has 0 amide bonds. The molecule has 12 nitrogen and oxygen atoms in total. The SMILES string of the molecule is O=S(=O)([O-])c1cc(-n2nc3ccc4ccccc4c3n2)ccc1C=Cc1ccccc1.O=S(=O)([O-])c1cc(-n2nc3ccc4ccccc4c3n2)ccc1C=Cc1ccccc1.[Na+].[Na+]. The van der Waals surface area contributed by atoms with E-state index in [1.54, 1.807) is 48.6 Å². The summed E-state index contributed by atoms with van der Waals surface area (Å²) in [7, 11) is -9.41. The quantitative estimate of drug-likeness (QED) is 0.125. The Labute approximate surface area is 412 Å². The van der Waals surface area contributed by atoms with Gasteiger partial charge in [-0.05, 0) is 69.4 Å². The second-order valence-corrected chi connectivity index (χ2v) is 16.8. The third-order valence-electron chi connectivity index (χ3n) is 10.1. The van der Waals surface area contributed by atoms with Crippen LogP contribution in [0.2, 0.25) is 0 Å². The van der Waals surface area contributed by atoms with Crippen molar-refractivity contribution in [2.45, 2.75) is 9.79 Å². The number of fused-ring (bicyclic) bond motifs is 6. The van der Waals surface area contributed by atoms with Crippen molar-refractivity contribution < 1.29 is 85.1 Å². The summed E-state index contributed by atoms with van der Waals surface area (Å²) in [5, 5.41) is 22.0. The molecule has 10 rings (SSSR count). The third kappa shape index (κ3) is 10.2. The minimum Gasteiger partial charge on any atom is -0.744 e. The molecule has 0 N–H and O–H groups in total. The smallest absolute Gasteiger partial charge is 0.744 e. The van der Waals surface area contributed by atoms with E-state index in [0.717, 1.165) is 32.7 Å². The molecule has 0 fully saturated rings. The van der Waals surface area contributed by atoms with Crippen molar-refractivity contribution in [3.8, 4) is 11.4 Å². The fourth-order valence-corrected chi connectivity index (χ4v) is 8.41. The predicted molar refractivity (Wildman–Crippen MR) is 239 cm³/mol. The first kappa shape index (κ1) is 46.4. The molecule has 0 aliphatic heterocycles. The second-order valence-electron chi connectivity index (χ2n) is 14.1. The summed E-state index contributed by atoms with van der Waals surface area (Å²) >= 11 is 0. The molecule has 0 bridgehead atoms. The molecule has 0 spiro atoms. The van der Waals surface area contributed by atoms with Gasteiger partial charge in [-0.1, -0.05) is 158 Å². The molecule has 0 aliphatic carbocycles. The van der Waals surface area contributed by atoms with Crippen LogP contribution in [0.25, 0.3) is 79.3 Å². The van der Waals surface area contributed by atoms with Gasteiger partial charge in [0.2, 0.25) is 0 Å². The Hall–Kier alpha value is -5.62. The fourth-order valence-electron chi connectivity index (χ4n) is 7.03. The van der Waals surface area contributed by atoms with Crippen LogP contribution in [0.5, 0.6) is 0 Å². The molecule has 10 aromatic rings. The van der Waals surface area contributed by atoms with E-state index in [4.69, 9.17) is 0 Å². The first-order chi connectivity index (χ1) is 30.0. The van der Waals surface area contributed by atoms with Gasteiger partial charge in [0.05, 0.1) is 21.2 Å². The molecule has 0 saturated heterocycles. The van der Waals surface area contributed by atoms with Crippen molar-refractivity contribution in [1.82, 2.24) is 30.0 Å². The van der Waals surface area contributed by atoms with Crippen LogP contribution >= 0.6 is 0 Å². The summed E-state index contributed by atoms with van der Waals surface area (Å²) in [5.74, 6) is 0. The minimum absolute atomic E-state index is 0. The maximum atomic E-state index is 12.0. The standard InChI is InChI=1S/2C24H17N3O3S.2Na/c2*28-31(29,30)23-16-20(14-12-19(23)11-10-17-6-2-1-3-7-17)27-25-22-15-13-18-8-4-5-9-21(18)24(22)26-27;;/h2*1-16H,(H,28,29,30);;/q;;2*+1/p-2. The monoisotopic (exact) mass is 898 g/mol. The van der Waals surface area contributed by atoms with Crippen LogP contribution < -0.4 is 59.1 Å². The summed E-state index contributed by atoms with van der Waals surface area (Å²) in [6.45, 7) is 0. The van der Waals surface area contributed by atoms with E-state index in [0.29, 0.717) is 44.6 Å². The zero-order valence-electron chi connectivity index (χ0n) is 34.4. The van der Waals surface area contributed by atoms with Gasteiger partial charge in [0.25, 0.3) is 0 Å². The maximum absolute atomic E-state index is 12.0. The van der Waals surface area contributed by atoms with Gasteiger partial charge < -0.3 is 9.11 Å². The van der Waals surface area contributed by atoms with E-state index < -0.39 is 20.2 Å². The molecule has 2 heterocycles. The van der Waals surface area contributed by atoms with Gasteiger partial charge >= 0.3 is 59.1 Å². The van der Waals surface area contributed by atoms with E-state index >= 15 is 0 Å². The molecule has 0 saturated carbocycles. The van der Waals surface area contributed by atoms with Crippen molar-refractivity contribution in [2.75, 3.05) is 0 Å². The molecule has 0 radical (unpaired) electrons. The van der Waals surface area contributed by atoms with Crippen molar-refractivity contribution >= 4 is 88.2 Å². The topological polar surface area (TPSA) is 176 Å². The van der Waals surface area contributed by atoms with Gasteiger partial charge in [-0.2, -0.15) is 9.59 Å². The average molecular weight is 899 g/mol. The molecule has 64 heavy (non-hydrogen) atoms. The van der Waals surface area contributed by atoms with Crippen LogP contribution in [0.3, 0.4) is 0 Å². The van der Waals surface area contributed by atoms with Gasteiger partial charge in [0.1, 0.15) is 42.3 Å². The van der Waals surface area contributed by atoms with E-state index in [2.05, 4.69) is 20.4 Å². The molecule has 2 aromatic heterocycles. The number of rotatable bonds is 8. The van der Waals surface area contributed by atoms with Crippen LogP contribution in [-0.4, -0.2) is 55.9 Å². The van der Waals surface area contributed by atoms with E-state index in [1.807, 2.05) is 133 Å². The van der Waals surface area contributed by atoms with Crippen LogP contribution in [0.15, 0.2) is 180 Å². The summed E-state index contributed by atoms with van der Waals surface area (Å²) in [6.07, 6.45) is 6.75. The average Bonchev–Trinajstić information content (AvgIpc) is 3.94. The van der Waals surface area contributed by atoms with Gasteiger partial charge in [0.15, 0.2) is 0 Å². The van der Waals surface area contributed by atoms with Crippen LogP contribution in [0.1, 0.15) is 22.3 Å². The van der Waals surface area contributed by atoms with Crippen molar-refractivity contribution in [1.29, 1.82) is 0 Å². The Morgan fingerprint density at radius 3 is 1.17 bits per heavy atom. The number of aromatic nitrogens is 6. The summed E-state index contributed by atoms with van der Waals surface area (Å²) in [4.78, 5) is 2.08. The zero-order valence-corrected chi connectivity index (χ0v) is 40.1. The largest absolute Gasteiger partial charge is 1.00 e. The Morgan fingerprint density at radius 1 is 0.406 bits per heavy atom. The normalized spacial score (nSPS) is 11.8. The zero-order chi connectivity index (χ0) is 42.8. The first-order valence-corrected chi connectivity index (χ1v) is 22.0. The summed E-state index contributed by atoms with van der Waals surface area (Å²) < 4.78 is 71.7. The predicted octanol–water partition coefficient (Wildman–Crippen LogP) is 3.30. The number of nitrogens with zero attached hydrogens (tertiary/aromatic N) is 6. The molecule has 0 unspecified atom stereocenters. The Morgan fingerprint density at radius 2 is 0.781 bits per heavy atom. The Balaban J connectivity index is 0.000000186. The number of hydrogen-bond acceptors (Lipinski definition) is 10. The second kappa shape index (κ2) is 19.6. The Kier molecular flexibility index (Phi) is 14.2. The molecule has 8 aromatic carbocycles. The van der Waals surface area contributed by atoms with E-state index in [9.17, 15) is 25.9 Å². The molecule has 0 aliphatic rings. The van der Waals surface area contributed by atoms with Crippen LogP contribution in [0, 0.1) is 0 Å². The Bertz CT molecular complexity index is 3360. The molecule has 0 atom stereocenters. The van der Waals surface area contributed by atoms with Crippen molar-refractivity contribution in [3.05, 3.63) is 192 Å². The van der Waals surface area contributed by atoms with Gasteiger partial charge in [-0.25, -0.2) is 16.8 Å². The maximum Gasteiger partial charge on any atom is 1.00 e. The summed E-state index contributed by atoms with van der Waals surface area (Å²) in [6, 6.07) is 51.4. The third-order valence-corrected chi connectivity index (χ3v) is 11.8.